The van der Waals surface area contributed by atoms with Crippen molar-refractivity contribution in [3.63, 3.8) is 0 Å². The summed E-state index contributed by atoms with van der Waals surface area (Å²) in [6.07, 6.45) is 0. The van der Waals surface area contributed by atoms with Gasteiger partial charge >= 0.3 is 0 Å². The number of anilines is 2. The van der Waals surface area contributed by atoms with Crippen molar-refractivity contribution in [3.8, 4) is 0 Å². The molecule has 0 saturated carbocycles. The summed E-state index contributed by atoms with van der Waals surface area (Å²) in [6.45, 7) is 0. The first-order valence-electron chi connectivity index (χ1n) is 4.52. The van der Waals surface area contributed by atoms with Crippen LogP contribution in [0.15, 0.2) is 48.5 Å². The highest BCUT2D eigenvalue weighted by atomic mass is 19.1. The molecule has 76 valence electrons. The number of nitrogens with one attached hydrogen (secondary N) is 1. The molecule has 3 heteroatoms. The molecule has 0 aliphatic heterocycles. The first-order valence-corrected chi connectivity index (χ1v) is 4.52. The van der Waals surface area contributed by atoms with Gasteiger partial charge in [-0.05, 0) is 36.4 Å². The van der Waals surface area contributed by atoms with E-state index in [4.69, 9.17) is 0 Å². The molecule has 1 N–H and O–H groups in total. The lowest BCUT2D eigenvalue weighted by Crippen LogP contribution is -1.91. The maximum atomic E-state index is 12.8. The molecule has 0 aliphatic rings. The summed E-state index contributed by atoms with van der Waals surface area (Å²) in [7, 11) is 0. The van der Waals surface area contributed by atoms with Crippen LogP contribution < -0.4 is 5.32 Å². The van der Waals surface area contributed by atoms with Gasteiger partial charge in [0, 0.05) is 11.4 Å². The molecule has 0 aliphatic carbocycles. The van der Waals surface area contributed by atoms with E-state index in [1.54, 1.807) is 24.3 Å². The van der Waals surface area contributed by atoms with Crippen molar-refractivity contribution >= 4 is 11.4 Å². The van der Waals surface area contributed by atoms with Crippen molar-refractivity contribution in [2.24, 2.45) is 0 Å². The lowest BCUT2D eigenvalue weighted by Gasteiger charge is -2.05. The van der Waals surface area contributed by atoms with Crippen molar-refractivity contribution in [1.82, 2.24) is 0 Å². The maximum absolute atomic E-state index is 12.8. The van der Waals surface area contributed by atoms with Gasteiger partial charge < -0.3 is 5.32 Å². The molecule has 0 unspecified atom stereocenters. The Labute approximate surface area is 86.4 Å². The fraction of sp³-hybridized carbons (Fsp3) is 0. The van der Waals surface area contributed by atoms with E-state index in [2.05, 4.69) is 5.32 Å². The highest BCUT2D eigenvalue weighted by Crippen LogP contribution is 2.17. The van der Waals surface area contributed by atoms with Gasteiger partial charge in [-0.1, -0.05) is 12.1 Å². The SMILES string of the molecule is Fc1cccc(Nc2cccc(F)c2)c1. The van der Waals surface area contributed by atoms with Gasteiger partial charge in [0.05, 0.1) is 0 Å². The Bertz CT molecular complexity index is 425. The summed E-state index contributed by atoms with van der Waals surface area (Å²) < 4.78 is 25.7. The summed E-state index contributed by atoms with van der Waals surface area (Å²) in [5.74, 6) is -0.646. The molecular formula is C12H9F2N. The Morgan fingerprint density at radius 3 is 1.60 bits per heavy atom. The lowest BCUT2D eigenvalue weighted by molar-refractivity contribution is 0.628. The van der Waals surface area contributed by atoms with E-state index >= 15 is 0 Å². The number of benzene rings is 2. The zero-order chi connectivity index (χ0) is 10.7. The molecule has 2 aromatic carbocycles. The fourth-order valence-electron chi connectivity index (χ4n) is 1.30. The second-order valence-electron chi connectivity index (χ2n) is 3.15. The highest BCUT2D eigenvalue weighted by molar-refractivity contribution is 5.59. The van der Waals surface area contributed by atoms with E-state index in [1.807, 2.05) is 0 Å². The minimum atomic E-state index is -0.323. The quantitative estimate of drug-likeness (QED) is 0.788. The molecule has 15 heavy (non-hydrogen) atoms. The average Bonchev–Trinajstić information content (AvgIpc) is 2.17. The van der Waals surface area contributed by atoms with Gasteiger partial charge in [0.15, 0.2) is 0 Å². The second-order valence-corrected chi connectivity index (χ2v) is 3.15. The van der Waals surface area contributed by atoms with Gasteiger partial charge in [-0.2, -0.15) is 0 Å². The van der Waals surface area contributed by atoms with Gasteiger partial charge in [-0.15, -0.1) is 0 Å². The van der Waals surface area contributed by atoms with Crippen LogP contribution in [-0.4, -0.2) is 0 Å². The number of hydrogen-bond acceptors (Lipinski definition) is 1. The zero-order valence-corrected chi connectivity index (χ0v) is 7.87. The zero-order valence-electron chi connectivity index (χ0n) is 7.87. The van der Waals surface area contributed by atoms with Crippen LogP contribution >= 0.6 is 0 Å². The van der Waals surface area contributed by atoms with Gasteiger partial charge in [0.2, 0.25) is 0 Å². The summed E-state index contributed by atoms with van der Waals surface area (Å²) in [5, 5.41) is 2.91. The molecule has 0 bridgehead atoms. The third kappa shape index (κ3) is 2.53. The standard InChI is InChI=1S/C12H9F2N/c13-9-3-1-5-11(7-9)15-12-6-2-4-10(14)8-12/h1-8,15H. The van der Waals surface area contributed by atoms with Crippen molar-refractivity contribution in [2.75, 3.05) is 5.32 Å². The topological polar surface area (TPSA) is 12.0 Å². The minimum absolute atomic E-state index is 0.323. The molecular weight excluding hydrogens is 196 g/mol. The van der Waals surface area contributed by atoms with Crippen molar-refractivity contribution < 1.29 is 8.78 Å². The fourth-order valence-corrected chi connectivity index (χ4v) is 1.30. The number of hydrogen-bond donors (Lipinski definition) is 1. The van der Waals surface area contributed by atoms with Crippen LogP contribution in [0.3, 0.4) is 0 Å². The largest absolute Gasteiger partial charge is 0.355 e. The summed E-state index contributed by atoms with van der Waals surface area (Å²) in [6, 6.07) is 12.0. The van der Waals surface area contributed by atoms with E-state index < -0.39 is 0 Å². The Hall–Kier alpha value is -1.90. The van der Waals surface area contributed by atoms with E-state index in [0.29, 0.717) is 11.4 Å². The summed E-state index contributed by atoms with van der Waals surface area (Å²) in [4.78, 5) is 0. The first kappa shape index (κ1) is 9.65. The van der Waals surface area contributed by atoms with Crippen LogP contribution in [0, 0.1) is 11.6 Å². The van der Waals surface area contributed by atoms with E-state index in [9.17, 15) is 8.78 Å². The van der Waals surface area contributed by atoms with E-state index in [-0.39, 0.29) is 11.6 Å². The van der Waals surface area contributed by atoms with E-state index in [0.717, 1.165) is 0 Å². The van der Waals surface area contributed by atoms with Crippen molar-refractivity contribution in [3.05, 3.63) is 60.2 Å². The third-order valence-electron chi connectivity index (χ3n) is 1.94. The monoisotopic (exact) mass is 205 g/mol. The second kappa shape index (κ2) is 4.09. The molecule has 2 aromatic rings. The molecule has 0 amide bonds. The van der Waals surface area contributed by atoms with Crippen LogP contribution in [-0.2, 0) is 0 Å². The van der Waals surface area contributed by atoms with Crippen LogP contribution in [0.2, 0.25) is 0 Å². The highest BCUT2D eigenvalue weighted by Gasteiger charge is 1.97. The Kier molecular flexibility index (Phi) is 2.63. The normalized spacial score (nSPS) is 10.0. The van der Waals surface area contributed by atoms with Crippen molar-refractivity contribution in [1.29, 1.82) is 0 Å². The predicted octanol–water partition coefficient (Wildman–Crippen LogP) is 3.71. The van der Waals surface area contributed by atoms with E-state index in [1.165, 1.54) is 24.3 Å². The maximum Gasteiger partial charge on any atom is 0.125 e. The molecule has 0 saturated heterocycles. The Morgan fingerprint density at radius 1 is 0.733 bits per heavy atom. The van der Waals surface area contributed by atoms with Gasteiger partial charge in [-0.3, -0.25) is 0 Å². The molecule has 0 spiro atoms. The minimum Gasteiger partial charge on any atom is -0.355 e. The van der Waals surface area contributed by atoms with Crippen LogP contribution in [0.4, 0.5) is 20.2 Å². The smallest absolute Gasteiger partial charge is 0.125 e. The van der Waals surface area contributed by atoms with Gasteiger partial charge in [-0.25, -0.2) is 8.78 Å². The predicted molar refractivity (Wildman–Crippen MR) is 56.1 cm³/mol. The molecule has 0 heterocycles. The number of halogens is 2. The Morgan fingerprint density at radius 2 is 1.20 bits per heavy atom. The summed E-state index contributed by atoms with van der Waals surface area (Å²) >= 11 is 0. The number of rotatable bonds is 2. The van der Waals surface area contributed by atoms with Crippen LogP contribution in [0.25, 0.3) is 0 Å². The third-order valence-corrected chi connectivity index (χ3v) is 1.94. The van der Waals surface area contributed by atoms with Gasteiger partial charge in [0.25, 0.3) is 0 Å². The van der Waals surface area contributed by atoms with Crippen molar-refractivity contribution in [2.45, 2.75) is 0 Å². The first-order chi connectivity index (χ1) is 7.24. The molecule has 0 radical (unpaired) electrons. The summed E-state index contributed by atoms with van der Waals surface area (Å²) in [5.41, 5.74) is 1.20. The van der Waals surface area contributed by atoms with Crippen LogP contribution in [0.5, 0.6) is 0 Å². The molecule has 0 fully saturated rings. The van der Waals surface area contributed by atoms with Gasteiger partial charge in [0.1, 0.15) is 11.6 Å². The average molecular weight is 205 g/mol. The molecule has 0 aromatic heterocycles. The molecule has 1 nitrogen and oxygen atoms in total. The molecule has 0 atom stereocenters. The Balaban J connectivity index is 2.22. The molecule has 2 rings (SSSR count). The van der Waals surface area contributed by atoms with Crippen LogP contribution in [0.1, 0.15) is 0 Å². The lowest BCUT2D eigenvalue weighted by atomic mass is 10.2.